The largest absolute Gasteiger partial charge is 0.480 e. The molecule has 0 saturated carbocycles. The Morgan fingerprint density at radius 1 is 1.19 bits per heavy atom. The Morgan fingerprint density at radius 3 is 2.56 bits per heavy atom. The topological polar surface area (TPSA) is 120 Å². The van der Waals surface area contributed by atoms with E-state index in [0.717, 1.165) is 16.7 Å². The SMILES string of the molecule is Cc1cc(=O)oc2cc(N)ccc12.N[C@@H](CSCc1ccccc1)C(=O)O. The maximum absolute atomic E-state index is 11.0. The van der Waals surface area contributed by atoms with Crippen LogP contribution in [-0.4, -0.2) is 22.9 Å². The number of thioether (sulfide) groups is 1. The number of carboxylic acid groups (broad SMARTS) is 1. The number of carboxylic acids is 1. The minimum Gasteiger partial charge on any atom is -0.480 e. The molecule has 5 N–H and O–H groups in total. The van der Waals surface area contributed by atoms with Crippen LogP contribution in [0.15, 0.2) is 63.8 Å². The molecule has 1 aromatic heterocycles. The van der Waals surface area contributed by atoms with E-state index in [1.807, 2.05) is 43.3 Å². The number of benzene rings is 2. The van der Waals surface area contributed by atoms with Gasteiger partial charge in [0.1, 0.15) is 11.6 Å². The zero-order valence-electron chi connectivity index (χ0n) is 14.9. The van der Waals surface area contributed by atoms with Crippen LogP contribution in [0.4, 0.5) is 5.69 Å². The number of fused-ring (bicyclic) bond motifs is 1. The molecule has 0 amide bonds. The number of nitrogen functional groups attached to an aromatic ring is 1. The first-order valence-corrected chi connectivity index (χ1v) is 9.42. The fraction of sp³-hybridized carbons (Fsp3) is 0.200. The van der Waals surface area contributed by atoms with Crippen molar-refractivity contribution in [3.05, 3.63) is 76.1 Å². The Bertz CT molecular complexity index is 957. The third-order valence-electron chi connectivity index (χ3n) is 3.70. The van der Waals surface area contributed by atoms with Crippen molar-refractivity contribution < 1.29 is 14.3 Å². The monoisotopic (exact) mass is 386 g/mol. The van der Waals surface area contributed by atoms with Crippen LogP contribution in [0.1, 0.15) is 11.1 Å². The third kappa shape index (κ3) is 6.47. The van der Waals surface area contributed by atoms with Gasteiger partial charge in [0.05, 0.1) is 0 Å². The number of hydrogen-bond acceptors (Lipinski definition) is 6. The van der Waals surface area contributed by atoms with E-state index in [2.05, 4.69) is 0 Å². The fourth-order valence-corrected chi connectivity index (χ4v) is 3.23. The van der Waals surface area contributed by atoms with Gasteiger partial charge < -0.3 is 21.0 Å². The molecule has 2 aromatic carbocycles. The summed E-state index contributed by atoms with van der Waals surface area (Å²) < 4.78 is 4.99. The Balaban J connectivity index is 0.000000194. The number of nitrogens with two attached hydrogens (primary N) is 2. The molecule has 3 aromatic rings. The van der Waals surface area contributed by atoms with Crippen molar-refractivity contribution in [2.24, 2.45) is 5.73 Å². The Labute approximate surface area is 161 Å². The molecule has 142 valence electrons. The van der Waals surface area contributed by atoms with Crippen LogP contribution in [0.25, 0.3) is 11.0 Å². The van der Waals surface area contributed by atoms with Gasteiger partial charge in [-0.1, -0.05) is 30.3 Å². The number of carbonyl (C=O) groups is 1. The molecule has 0 saturated heterocycles. The van der Waals surface area contributed by atoms with E-state index in [1.165, 1.54) is 23.4 Å². The van der Waals surface area contributed by atoms with Gasteiger partial charge in [0.15, 0.2) is 0 Å². The van der Waals surface area contributed by atoms with Gasteiger partial charge in [-0.25, -0.2) is 4.79 Å². The molecule has 0 radical (unpaired) electrons. The average Bonchev–Trinajstić information content (AvgIpc) is 2.62. The van der Waals surface area contributed by atoms with Crippen molar-refractivity contribution in [3.63, 3.8) is 0 Å². The molecule has 0 spiro atoms. The van der Waals surface area contributed by atoms with Crippen LogP contribution < -0.4 is 17.1 Å². The van der Waals surface area contributed by atoms with Crippen molar-refractivity contribution in [2.45, 2.75) is 18.7 Å². The highest BCUT2D eigenvalue weighted by molar-refractivity contribution is 7.98. The molecule has 3 rings (SSSR count). The maximum Gasteiger partial charge on any atom is 0.336 e. The van der Waals surface area contributed by atoms with Gasteiger partial charge in [-0.3, -0.25) is 4.79 Å². The van der Waals surface area contributed by atoms with Gasteiger partial charge in [0.25, 0.3) is 0 Å². The molecule has 0 aliphatic carbocycles. The van der Waals surface area contributed by atoms with Gasteiger partial charge >= 0.3 is 11.6 Å². The number of rotatable bonds is 5. The number of aliphatic carboxylic acids is 1. The summed E-state index contributed by atoms with van der Waals surface area (Å²) in [7, 11) is 0. The van der Waals surface area contributed by atoms with E-state index in [9.17, 15) is 9.59 Å². The van der Waals surface area contributed by atoms with E-state index in [0.29, 0.717) is 17.0 Å². The highest BCUT2D eigenvalue weighted by Crippen LogP contribution is 2.18. The zero-order chi connectivity index (χ0) is 19.8. The highest BCUT2D eigenvalue weighted by Gasteiger charge is 2.10. The Morgan fingerprint density at radius 2 is 1.89 bits per heavy atom. The quantitative estimate of drug-likeness (QED) is 0.455. The molecule has 1 heterocycles. The fourth-order valence-electron chi connectivity index (χ4n) is 2.29. The van der Waals surface area contributed by atoms with Crippen LogP contribution in [-0.2, 0) is 10.5 Å². The van der Waals surface area contributed by atoms with E-state index in [4.69, 9.17) is 21.0 Å². The first kappa shape index (κ1) is 20.5. The van der Waals surface area contributed by atoms with Crippen molar-refractivity contribution >= 4 is 34.4 Å². The number of hydrogen-bond donors (Lipinski definition) is 3. The first-order chi connectivity index (χ1) is 12.9. The zero-order valence-corrected chi connectivity index (χ0v) is 15.7. The molecule has 0 unspecified atom stereocenters. The lowest BCUT2D eigenvalue weighted by Crippen LogP contribution is -2.32. The molecule has 0 aliphatic rings. The third-order valence-corrected chi connectivity index (χ3v) is 4.83. The van der Waals surface area contributed by atoms with Crippen LogP contribution in [0.2, 0.25) is 0 Å². The minimum absolute atomic E-state index is 0.337. The second-order valence-electron chi connectivity index (χ2n) is 5.95. The number of anilines is 1. The highest BCUT2D eigenvalue weighted by atomic mass is 32.2. The summed E-state index contributed by atoms with van der Waals surface area (Å²) >= 11 is 1.54. The summed E-state index contributed by atoms with van der Waals surface area (Å²) in [6.07, 6.45) is 0. The molecule has 6 nitrogen and oxygen atoms in total. The van der Waals surface area contributed by atoms with Crippen LogP contribution >= 0.6 is 11.8 Å². The lowest BCUT2D eigenvalue weighted by molar-refractivity contribution is -0.137. The minimum atomic E-state index is -0.939. The van der Waals surface area contributed by atoms with Crippen molar-refractivity contribution in [3.8, 4) is 0 Å². The molecule has 7 heteroatoms. The Hall–Kier alpha value is -2.77. The van der Waals surface area contributed by atoms with Crippen LogP contribution in [0.5, 0.6) is 0 Å². The second kappa shape index (κ2) is 9.80. The van der Waals surface area contributed by atoms with Crippen molar-refractivity contribution in [1.29, 1.82) is 0 Å². The van der Waals surface area contributed by atoms with Gasteiger partial charge in [0, 0.05) is 34.7 Å². The van der Waals surface area contributed by atoms with E-state index >= 15 is 0 Å². The standard InChI is InChI=1S/C10H13NO2S.C10H9NO2/c11-9(10(12)13)7-14-6-8-4-2-1-3-5-8;1-6-4-10(12)13-9-5-7(11)2-3-8(6)9/h1-5,9H,6-7,11H2,(H,12,13);2-5H,11H2,1H3/t9-;/m0./s1. The van der Waals surface area contributed by atoms with E-state index in [1.54, 1.807) is 12.1 Å². The van der Waals surface area contributed by atoms with Gasteiger partial charge in [0.2, 0.25) is 0 Å². The molecule has 0 fully saturated rings. The summed E-state index contributed by atoms with van der Waals surface area (Å²) in [5, 5.41) is 9.47. The van der Waals surface area contributed by atoms with Crippen molar-refractivity contribution in [1.82, 2.24) is 0 Å². The maximum atomic E-state index is 11.0. The summed E-state index contributed by atoms with van der Waals surface area (Å²) in [6, 6.07) is 15.9. The lowest BCUT2D eigenvalue weighted by atomic mass is 10.1. The summed E-state index contributed by atoms with van der Waals surface area (Å²) in [6.45, 7) is 1.87. The molecular formula is C20H22N2O4S. The van der Waals surface area contributed by atoms with Crippen LogP contribution in [0.3, 0.4) is 0 Å². The Kier molecular flexibility index (Phi) is 7.45. The van der Waals surface area contributed by atoms with Gasteiger partial charge in [-0.05, 0) is 30.2 Å². The van der Waals surface area contributed by atoms with Gasteiger partial charge in [-0.15, -0.1) is 0 Å². The number of aryl methyl sites for hydroxylation is 1. The normalized spacial score (nSPS) is 11.5. The lowest BCUT2D eigenvalue weighted by Gasteiger charge is -2.05. The molecular weight excluding hydrogens is 364 g/mol. The average molecular weight is 386 g/mol. The predicted molar refractivity (Wildman–Crippen MR) is 110 cm³/mol. The van der Waals surface area contributed by atoms with Crippen molar-refractivity contribution in [2.75, 3.05) is 11.5 Å². The second-order valence-corrected chi connectivity index (χ2v) is 6.98. The summed E-state index contributed by atoms with van der Waals surface area (Å²) in [4.78, 5) is 21.4. The van der Waals surface area contributed by atoms with Gasteiger partial charge in [-0.2, -0.15) is 11.8 Å². The van der Waals surface area contributed by atoms with Crippen LogP contribution in [0, 0.1) is 6.92 Å². The predicted octanol–water partition coefficient (Wildman–Crippen LogP) is 3.02. The molecule has 0 aliphatic heterocycles. The summed E-state index contributed by atoms with van der Waals surface area (Å²) in [5.74, 6) is 0.317. The molecule has 0 bridgehead atoms. The van der Waals surface area contributed by atoms with E-state index < -0.39 is 12.0 Å². The molecule has 27 heavy (non-hydrogen) atoms. The molecule has 1 atom stereocenters. The first-order valence-electron chi connectivity index (χ1n) is 8.27. The summed E-state index contributed by atoms with van der Waals surface area (Å²) in [5.41, 5.74) is 13.8. The van der Waals surface area contributed by atoms with E-state index in [-0.39, 0.29) is 5.63 Å². The smallest absolute Gasteiger partial charge is 0.336 e.